The maximum atomic E-state index is 14.7. The number of aryl methyl sites for hydroxylation is 2. The molecule has 0 bridgehead atoms. The van der Waals surface area contributed by atoms with Gasteiger partial charge < -0.3 is 10.1 Å². The fraction of sp³-hybridized carbons (Fsp3) is 0.324. The van der Waals surface area contributed by atoms with Crippen molar-refractivity contribution in [3.63, 3.8) is 0 Å². The topological polar surface area (TPSA) is 38.3 Å². The van der Waals surface area contributed by atoms with Gasteiger partial charge in [-0.15, -0.1) is 0 Å². The Morgan fingerprint density at radius 2 is 1.71 bits per heavy atom. The summed E-state index contributed by atoms with van der Waals surface area (Å²) in [6.07, 6.45) is 1.20. The summed E-state index contributed by atoms with van der Waals surface area (Å²) in [6.45, 7) is 10.2. The molecule has 4 rings (SSSR count). The highest BCUT2D eigenvalue weighted by Crippen LogP contribution is 2.35. The lowest BCUT2D eigenvalue weighted by molar-refractivity contribution is -0.147. The summed E-state index contributed by atoms with van der Waals surface area (Å²) in [6, 6.07) is 27.0. The van der Waals surface area contributed by atoms with Gasteiger partial charge in [0.05, 0.1) is 6.10 Å². The molecule has 4 heteroatoms. The van der Waals surface area contributed by atoms with Crippen LogP contribution >= 0.6 is 0 Å². The zero-order valence-electron chi connectivity index (χ0n) is 23.1. The molecule has 0 amide bonds. The summed E-state index contributed by atoms with van der Waals surface area (Å²) >= 11 is 0. The molecule has 0 saturated carbocycles. The minimum Gasteiger partial charge on any atom is -0.463 e. The van der Waals surface area contributed by atoms with Crippen molar-refractivity contribution in [2.75, 3.05) is 0 Å². The Morgan fingerprint density at radius 1 is 0.921 bits per heavy atom. The van der Waals surface area contributed by atoms with E-state index in [-0.39, 0.29) is 36.4 Å². The highest BCUT2D eigenvalue weighted by atomic mass is 19.1. The van der Waals surface area contributed by atoms with Crippen molar-refractivity contribution in [3.8, 4) is 11.1 Å². The van der Waals surface area contributed by atoms with Crippen LogP contribution in [0.15, 0.2) is 78.9 Å². The van der Waals surface area contributed by atoms with Crippen LogP contribution in [-0.2, 0) is 16.0 Å². The number of halogens is 1. The summed E-state index contributed by atoms with van der Waals surface area (Å²) in [5.41, 5.74) is 6.25. The molecule has 0 heterocycles. The maximum absolute atomic E-state index is 14.7. The van der Waals surface area contributed by atoms with Crippen LogP contribution in [0.2, 0.25) is 0 Å². The first-order valence-corrected chi connectivity index (χ1v) is 13.6. The molecule has 0 aliphatic heterocycles. The predicted octanol–water partition coefficient (Wildman–Crippen LogP) is 8.64. The molecule has 0 aliphatic carbocycles. The van der Waals surface area contributed by atoms with Crippen LogP contribution in [0.25, 0.3) is 21.9 Å². The van der Waals surface area contributed by atoms with Crippen LogP contribution < -0.4 is 5.32 Å². The Morgan fingerprint density at radius 3 is 2.45 bits per heavy atom. The van der Waals surface area contributed by atoms with E-state index >= 15 is 0 Å². The average Bonchev–Trinajstić information content (AvgIpc) is 2.90. The van der Waals surface area contributed by atoms with Crippen molar-refractivity contribution < 1.29 is 13.9 Å². The number of hydrogen-bond acceptors (Lipinski definition) is 3. The number of hydrogen-bond donors (Lipinski definition) is 1. The average molecular weight is 512 g/mol. The Kier molecular flexibility index (Phi) is 8.96. The lowest BCUT2D eigenvalue weighted by Crippen LogP contribution is -2.24. The Labute approximate surface area is 226 Å². The second kappa shape index (κ2) is 12.4. The van der Waals surface area contributed by atoms with Gasteiger partial charge in [-0.25, -0.2) is 4.39 Å². The maximum Gasteiger partial charge on any atom is 0.306 e. The molecule has 0 fully saturated rings. The number of rotatable bonds is 10. The fourth-order valence-electron chi connectivity index (χ4n) is 5.05. The van der Waals surface area contributed by atoms with Gasteiger partial charge in [-0.3, -0.25) is 4.79 Å². The van der Waals surface area contributed by atoms with Crippen molar-refractivity contribution >= 4 is 16.7 Å². The first kappa shape index (κ1) is 27.5. The first-order chi connectivity index (χ1) is 18.2. The number of ether oxygens (including phenoxy) is 1. The number of carbonyl (C=O) groups excluding carboxylic acids is 1. The van der Waals surface area contributed by atoms with E-state index in [0.717, 1.165) is 28.3 Å². The molecule has 1 unspecified atom stereocenters. The van der Waals surface area contributed by atoms with Gasteiger partial charge in [0.15, 0.2) is 0 Å². The molecule has 4 aromatic carbocycles. The Bertz CT molecular complexity index is 1410. The molecular formula is C34H38FNO2. The number of benzene rings is 4. The minimum atomic E-state index is -0.308. The lowest BCUT2D eigenvalue weighted by Gasteiger charge is -2.25. The van der Waals surface area contributed by atoms with Gasteiger partial charge in [0.2, 0.25) is 0 Å². The van der Waals surface area contributed by atoms with Crippen molar-refractivity contribution in [2.45, 2.75) is 72.1 Å². The van der Waals surface area contributed by atoms with E-state index in [1.165, 1.54) is 22.8 Å². The van der Waals surface area contributed by atoms with Crippen molar-refractivity contribution in [1.82, 2.24) is 5.32 Å². The zero-order valence-corrected chi connectivity index (χ0v) is 23.1. The second-order valence-corrected chi connectivity index (χ2v) is 10.4. The van der Waals surface area contributed by atoms with Gasteiger partial charge in [-0.05, 0) is 103 Å². The number of carbonyl (C=O) groups is 1. The van der Waals surface area contributed by atoms with Gasteiger partial charge in [0.25, 0.3) is 0 Å². The highest BCUT2D eigenvalue weighted by molar-refractivity contribution is 5.97. The largest absolute Gasteiger partial charge is 0.463 e. The molecule has 2 atom stereocenters. The van der Waals surface area contributed by atoms with Crippen LogP contribution in [0.4, 0.5) is 4.39 Å². The van der Waals surface area contributed by atoms with Crippen molar-refractivity contribution in [3.05, 3.63) is 107 Å². The third-order valence-electron chi connectivity index (χ3n) is 7.01. The summed E-state index contributed by atoms with van der Waals surface area (Å²) < 4.78 is 20.0. The summed E-state index contributed by atoms with van der Waals surface area (Å²) in [5, 5.41) is 6.10. The van der Waals surface area contributed by atoms with Crippen molar-refractivity contribution in [2.24, 2.45) is 0 Å². The molecule has 3 nitrogen and oxygen atoms in total. The predicted molar refractivity (Wildman–Crippen MR) is 155 cm³/mol. The molecular weight excluding hydrogens is 473 g/mol. The lowest BCUT2D eigenvalue weighted by atomic mass is 9.91. The Hall–Kier alpha value is -3.50. The summed E-state index contributed by atoms with van der Waals surface area (Å²) in [4.78, 5) is 12.1. The van der Waals surface area contributed by atoms with Crippen LogP contribution in [0.3, 0.4) is 0 Å². The molecule has 198 valence electrons. The van der Waals surface area contributed by atoms with Gasteiger partial charge in [0.1, 0.15) is 5.82 Å². The smallest absolute Gasteiger partial charge is 0.306 e. The quantitative estimate of drug-likeness (QED) is 0.217. The Balaban J connectivity index is 1.68. The third-order valence-corrected chi connectivity index (χ3v) is 7.01. The van der Waals surface area contributed by atoms with Crippen LogP contribution in [-0.4, -0.2) is 12.1 Å². The molecule has 0 aromatic heterocycles. The molecule has 0 saturated heterocycles. The van der Waals surface area contributed by atoms with E-state index in [0.29, 0.717) is 12.0 Å². The van der Waals surface area contributed by atoms with Crippen LogP contribution in [0.1, 0.15) is 74.9 Å². The normalized spacial score (nSPS) is 13.0. The molecule has 0 spiro atoms. The van der Waals surface area contributed by atoms with Crippen LogP contribution in [0.5, 0.6) is 0 Å². The molecule has 1 N–H and O–H groups in total. The standard InChI is InChI=1S/C34H38FNO2/c1-6-33(36-24(5)25-12-9-10-23(4)18-25)29-20-26-11-7-8-13-30(26)31(21-29)27-14-16-32(35)28(19-27)15-17-34(37)38-22(2)3/h7-14,16,18-22,24,33,36H,6,15,17H2,1-5H3/t24-,33?/m1/s1. The van der Waals surface area contributed by atoms with E-state index < -0.39 is 0 Å². The van der Waals surface area contributed by atoms with E-state index in [1.807, 2.05) is 32.0 Å². The van der Waals surface area contributed by atoms with E-state index in [1.54, 1.807) is 0 Å². The summed E-state index contributed by atoms with van der Waals surface area (Å²) in [5.74, 6) is -0.608. The SMILES string of the molecule is CCC(N[C@H](C)c1cccc(C)c1)c1cc(-c2ccc(F)c(CCC(=O)OC(C)C)c2)c2ccccc2c1. The first-order valence-electron chi connectivity index (χ1n) is 13.6. The minimum absolute atomic E-state index is 0.151. The molecule has 4 aromatic rings. The van der Waals surface area contributed by atoms with Crippen molar-refractivity contribution in [1.29, 1.82) is 0 Å². The number of fused-ring (bicyclic) bond motifs is 1. The van der Waals surface area contributed by atoms with E-state index in [2.05, 4.69) is 80.7 Å². The van der Waals surface area contributed by atoms with E-state index in [9.17, 15) is 9.18 Å². The highest BCUT2D eigenvalue weighted by Gasteiger charge is 2.18. The number of esters is 1. The van der Waals surface area contributed by atoms with E-state index in [4.69, 9.17) is 4.74 Å². The zero-order chi connectivity index (χ0) is 27.2. The second-order valence-electron chi connectivity index (χ2n) is 10.4. The third kappa shape index (κ3) is 6.68. The summed E-state index contributed by atoms with van der Waals surface area (Å²) in [7, 11) is 0. The fourth-order valence-corrected chi connectivity index (χ4v) is 5.05. The molecule has 0 aliphatic rings. The van der Waals surface area contributed by atoms with Gasteiger partial charge in [0, 0.05) is 18.5 Å². The number of nitrogens with one attached hydrogen (secondary N) is 1. The molecule has 0 radical (unpaired) electrons. The van der Waals surface area contributed by atoms with Gasteiger partial charge in [-0.2, -0.15) is 0 Å². The molecule has 38 heavy (non-hydrogen) atoms. The van der Waals surface area contributed by atoms with Gasteiger partial charge in [-0.1, -0.05) is 67.1 Å². The van der Waals surface area contributed by atoms with Gasteiger partial charge >= 0.3 is 5.97 Å². The van der Waals surface area contributed by atoms with Crippen LogP contribution in [0, 0.1) is 12.7 Å². The monoisotopic (exact) mass is 511 g/mol.